The molecule has 0 bridgehead atoms. The van der Waals surface area contributed by atoms with E-state index >= 15 is 0 Å². The van der Waals surface area contributed by atoms with Gasteiger partial charge in [0.1, 0.15) is 0 Å². The van der Waals surface area contributed by atoms with Crippen LogP contribution in [0.1, 0.15) is 11.1 Å². The van der Waals surface area contributed by atoms with Gasteiger partial charge in [-0.25, -0.2) is 4.79 Å². The van der Waals surface area contributed by atoms with Crippen LogP contribution in [0.3, 0.4) is 0 Å². The average Bonchev–Trinajstić information content (AvgIpc) is 3.26. The van der Waals surface area contributed by atoms with Crippen LogP contribution in [-0.4, -0.2) is 41.7 Å². The fraction of sp³-hybridized carbons (Fsp3) is 0.261. The van der Waals surface area contributed by atoms with E-state index in [0.717, 1.165) is 37.6 Å². The normalized spacial score (nSPS) is 14.2. The SMILES string of the molecule is Cc1cccc(N2CCN(C(=O)Nc3ccc(-n4cccc4)cc3)CC2)c1C. The molecule has 5 nitrogen and oxygen atoms in total. The summed E-state index contributed by atoms with van der Waals surface area (Å²) in [6.45, 7) is 7.46. The predicted molar refractivity (Wildman–Crippen MR) is 114 cm³/mol. The molecule has 1 aliphatic rings. The first-order valence-corrected chi connectivity index (χ1v) is 9.72. The molecule has 0 radical (unpaired) electrons. The van der Waals surface area contributed by atoms with Crippen molar-refractivity contribution in [2.45, 2.75) is 13.8 Å². The molecule has 0 atom stereocenters. The molecular formula is C23H26N4O. The minimum absolute atomic E-state index is 0.0330. The van der Waals surface area contributed by atoms with E-state index in [-0.39, 0.29) is 6.03 Å². The van der Waals surface area contributed by atoms with Gasteiger partial charge in [0.25, 0.3) is 0 Å². The van der Waals surface area contributed by atoms with Crippen molar-refractivity contribution < 1.29 is 4.79 Å². The van der Waals surface area contributed by atoms with E-state index in [1.807, 2.05) is 58.3 Å². The van der Waals surface area contributed by atoms with Crippen LogP contribution in [0.15, 0.2) is 67.0 Å². The van der Waals surface area contributed by atoms with E-state index in [4.69, 9.17) is 0 Å². The number of nitrogens with one attached hydrogen (secondary N) is 1. The third kappa shape index (κ3) is 3.74. The van der Waals surface area contributed by atoms with E-state index < -0.39 is 0 Å². The molecule has 4 rings (SSSR count). The van der Waals surface area contributed by atoms with Gasteiger partial charge in [-0.2, -0.15) is 0 Å². The largest absolute Gasteiger partial charge is 0.368 e. The number of aromatic nitrogens is 1. The topological polar surface area (TPSA) is 40.5 Å². The lowest BCUT2D eigenvalue weighted by Gasteiger charge is -2.37. The maximum Gasteiger partial charge on any atom is 0.321 e. The zero-order valence-corrected chi connectivity index (χ0v) is 16.4. The highest BCUT2D eigenvalue weighted by Gasteiger charge is 2.22. The number of rotatable bonds is 3. The number of nitrogens with zero attached hydrogens (tertiary/aromatic N) is 3. The fourth-order valence-electron chi connectivity index (χ4n) is 3.65. The Bertz CT molecular complexity index is 939. The molecule has 1 saturated heterocycles. The Hall–Kier alpha value is -3.21. The first kappa shape index (κ1) is 18.2. The van der Waals surface area contributed by atoms with Crippen LogP contribution in [-0.2, 0) is 0 Å². The van der Waals surface area contributed by atoms with Gasteiger partial charge in [0.15, 0.2) is 0 Å². The summed E-state index contributed by atoms with van der Waals surface area (Å²) in [4.78, 5) is 16.9. The Morgan fingerprint density at radius 2 is 1.54 bits per heavy atom. The minimum atomic E-state index is -0.0330. The number of aryl methyl sites for hydroxylation is 1. The lowest BCUT2D eigenvalue weighted by molar-refractivity contribution is 0.208. The Morgan fingerprint density at radius 3 is 2.21 bits per heavy atom. The summed E-state index contributed by atoms with van der Waals surface area (Å²) in [6.07, 6.45) is 4.01. The van der Waals surface area contributed by atoms with Crippen molar-refractivity contribution in [3.63, 3.8) is 0 Å². The number of amides is 2. The monoisotopic (exact) mass is 374 g/mol. The smallest absolute Gasteiger partial charge is 0.321 e. The second-order valence-electron chi connectivity index (χ2n) is 7.26. The number of piperazine rings is 1. The summed E-state index contributed by atoms with van der Waals surface area (Å²) in [5.41, 5.74) is 5.80. The first-order chi connectivity index (χ1) is 13.6. The predicted octanol–water partition coefficient (Wildman–Crippen LogP) is 4.45. The number of hydrogen-bond acceptors (Lipinski definition) is 2. The van der Waals surface area contributed by atoms with E-state index in [1.165, 1.54) is 16.8 Å². The molecule has 0 spiro atoms. The van der Waals surface area contributed by atoms with Gasteiger partial charge >= 0.3 is 6.03 Å². The second-order valence-corrected chi connectivity index (χ2v) is 7.26. The first-order valence-electron chi connectivity index (χ1n) is 9.72. The highest BCUT2D eigenvalue weighted by Crippen LogP contribution is 2.24. The van der Waals surface area contributed by atoms with Gasteiger partial charge in [-0.3, -0.25) is 0 Å². The van der Waals surface area contributed by atoms with Crippen LogP contribution < -0.4 is 10.2 Å². The molecule has 2 heterocycles. The van der Waals surface area contributed by atoms with Crippen LogP contribution >= 0.6 is 0 Å². The molecule has 1 fully saturated rings. The highest BCUT2D eigenvalue weighted by atomic mass is 16.2. The van der Waals surface area contributed by atoms with Gasteiger partial charge < -0.3 is 19.7 Å². The summed E-state index contributed by atoms with van der Waals surface area (Å²) in [6, 6.07) is 18.3. The molecule has 0 aliphatic carbocycles. The number of carbonyl (C=O) groups is 1. The quantitative estimate of drug-likeness (QED) is 0.736. The standard InChI is InChI=1S/C23H26N4O/c1-18-6-5-7-22(19(18)2)26-14-16-27(17-15-26)23(28)24-20-8-10-21(11-9-20)25-12-3-4-13-25/h3-13H,14-17H2,1-2H3,(H,24,28). The van der Waals surface area contributed by atoms with Crippen LogP contribution in [0.25, 0.3) is 5.69 Å². The van der Waals surface area contributed by atoms with Gasteiger partial charge in [0, 0.05) is 55.6 Å². The minimum Gasteiger partial charge on any atom is -0.368 e. The fourth-order valence-corrected chi connectivity index (χ4v) is 3.65. The van der Waals surface area contributed by atoms with E-state index in [1.54, 1.807) is 0 Å². The third-order valence-corrected chi connectivity index (χ3v) is 5.50. The van der Waals surface area contributed by atoms with Gasteiger partial charge in [-0.1, -0.05) is 12.1 Å². The number of urea groups is 1. The number of benzene rings is 2. The Labute approximate surface area is 166 Å². The third-order valence-electron chi connectivity index (χ3n) is 5.50. The molecule has 3 aromatic rings. The molecule has 144 valence electrons. The van der Waals surface area contributed by atoms with Crippen molar-refractivity contribution >= 4 is 17.4 Å². The van der Waals surface area contributed by atoms with Crippen LogP contribution in [0, 0.1) is 13.8 Å². The molecule has 1 aromatic heterocycles. The average molecular weight is 374 g/mol. The number of anilines is 2. The van der Waals surface area contributed by atoms with Crippen molar-refractivity contribution in [2.75, 3.05) is 36.4 Å². The molecule has 5 heteroatoms. The molecular weight excluding hydrogens is 348 g/mol. The lowest BCUT2D eigenvalue weighted by atomic mass is 10.1. The van der Waals surface area contributed by atoms with Gasteiger partial charge in [-0.05, 0) is 67.4 Å². The van der Waals surface area contributed by atoms with Crippen molar-refractivity contribution in [3.05, 3.63) is 78.1 Å². The lowest BCUT2D eigenvalue weighted by Crippen LogP contribution is -2.50. The summed E-state index contributed by atoms with van der Waals surface area (Å²) >= 11 is 0. The molecule has 2 aromatic carbocycles. The van der Waals surface area contributed by atoms with Crippen molar-refractivity contribution in [1.82, 2.24) is 9.47 Å². The Balaban J connectivity index is 1.34. The zero-order chi connectivity index (χ0) is 19.5. The van der Waals surface area contributed by atoms with E-state index in [0.29, 0.717) is 0 Å². The maximum absolute atomic E-state index is 12.6. The second kappa shape index (κ2) is 7.80. The molecule has 28 heavy (non-hydrogen) atoms. The van der Waals surface area contributed by atoms with Crippen molar-refractivity contribution in [2.24, 2.45) is 0 Å². The maximum atomic E-state index is 12.6. The van der Waals surface area contributed by atoms with E-state index in [2.05, 4.69) is 42.3 Å². The zero-order valence-electron chi connectivity index (χ0n) is 16.4. The van der Waals surface area contributed by atoms with Crippen LogP contribution in [0.2, 0.25) is 0 Å². The Morgan fingerprint density at radius 1 is 0.857 bits per heavy atom. The number of carbonyl (C=O) groups excluding carboxylic acids is 1. The summed E-state index contributed by atoms with van der Waals surface area (Å²) in [5.74, 6) is 0. The van der Waals surface area contributed by atoms with Gasteiger partial charge in [0.05, 0.1) is 0 Å². The number of hydrogen-bond donors (Lipinski definition) is 1. The molecule has 0 saturated carbocycles. The van der Waals surface area contributed by atoms with Crippen molar-refractivity contribution in [1.29, 1.82) is 0 Å². The van der Waals surface area contributed by atoms with Crippen LogP contribution in [0.4, 0.5) is 16.2 Å². The van der Waals surface area contributed by atoms with Crippen molar-refractivity contribution in [3.8, 4) is 5.69 Å². The molecule has 2 amide bonds. The Kier molecular flexibility index (Phi) is 5.06. The van der Waals surface area contributed by atoms with Gasteiger partial charge in [0.2, 0.25) is 0 Å². The molecule has 0 unspecified atom stereocenters. The summed E-state index contributed by atoms with van der Waals surface area (Å²) in [5, 5.41) is 3.02. The summed E-state index contributed by atoms with van der Waals surface area (Å²) in [7, 11) is 0. The highest BCUT2D eigenvalue weighted by molar-refractivity contribution is 5.89. The van der Waals surface area contributed by atoms with Gasteiger partial charge in [-0.15, -0.1) is 0 Å². The molecule has 1 N–H and O–H groups in total. The van der Waals surface area contributed by atoms with E-state index in [9.17, 15) is 4.79 Å². The van der Waals surface area contributed by atoms with Crippen LogP contribution in [0.5, 0.6) is 0 Å². The molecule has 1 aliphatic heterocycles. The summed E-state index contributed by atoms with van der Waals surface area (Å²) < 4.78 is 2.04.